The Labute approximate surface area is 261 Å². The number of rotatable bonds is 7. The first kappa shape index (κ1) is 28.5. The molecule has 1 amide bonds. The number of hydrogen-bond donors (Lipinski definition) is 0. The van der Waals surface area contributed by atoms with Crippen molar-refractivity contribution in [2.24, 2.45) is 5.92 Å². The molecule has 224 valence electrons. The number of aromatic nitrogens is 2. The zero-order valence-electron chi connectivity index (χ0n) is 25.9. The molecule has 2 aliphatic rings. The number of likely N-dealkylation sites (tertiary alicyclic amines) is 1. The Hall–Kier alpha value is -4.22. The number of benzene rings is 4. The van der Waals surface area contributed by atoms with Crippen molar-refractivity contribution in [1.29, 1.82) is 0 Å². The van der Waals surface area contributed by atoms with Crippen molar-refractivity contribution in [1.82, 2.24) is 19.4 Å². The molecule has 3 heterocycles. The molecule has 0 N–H and O–H groups in total. The first-order valence-electron chi connectivity index (χ1n) is 16.1. The van der Waals surface area contributed by atoms with Crippen molar-refractivity contribution in [3.05, 3.63) is 137 Å². The normalized spacial score (nSPS) is 17.5. The summed E-state index contributed by atoms with van der Waals surface area (Å²) in [5.41, 5.74) is 6.68. The van der Waals surface area contributed by atoms with Gasteiger partial charge in [0.2, 0.25) is 5.91 Å². The Morgan fingerprint density at radius 1 is 0.795 bits per heavy atom. The Morgan fingerprint density at radius 3 is 2.09 bits per heavy atom. The highest BCUT2D eigenvalue weighted by atomic mass is 16.2. The van der Waals surface area contributed by atoms with Gasteiger partial charge in [-0.3, -0.25) is 4.79 Å². The topological polar surface area (TPSA) is 41.4 Å². The lowest BCUT2D eigenvalue weighted by Crippen LogP contribution is -2.47. The summed E-state index contributed by atoms with van der Waals surface area (Å²) >= 11 is 0. The highest BCUT2D eigenvalue weighted by Crippen LogP contribution is 2.43. The Balaban J connectivity index is 1.16. The molecule has 7 rings (SSSR count). The number of likely N-dealkylation sites (N-methyl/N-ethyl adjacent to an activating group) is 1. The van der Waals surface area contributed by atoms with E-state index in [0.717, 1.165) is 68.5 Å². The zero-order valence-corrected chi connectivity index (χ0v) is 25.9. The molecule has 1 saturated heterocycles. The molecule has 1 fully saturated rings. The molecular weight excluding hydrogens is 540 g/mol. The van der Waals surface area contributed by atoms with Crippen molar-refractivity contribution >= 4 is 16.9 Å². The van der Waals surface area contributed by atoms with Crippen LogP contribution in [0.4, 0.5) is 0 Å². The minimum absolute atomic E-state index is 0.138. The van der Waals surface area contributed by atoms with Gasteiger partial charge in [-0.2, -0.15) is 0 Å². The van der Waals surface area contributed by atoms with Crippen LogP contribution in [-0.4, -0.2) is 59.0 Å². The highest BCUT2D eigenvalue weighted by molar-refractivity contribution is 5.92. The maximum Gasteiger partial charge on any atom is 0.237 e. The standard InChI is InChI=1S/C39H42N4O/c1-41(2)38(44)39(31-14-5-3-6-15-31,32-16-7-4-8-17-32)24-28-42-25-21-30(22-26-42)36-33-18-10-9-13-29(33)23-27-43-35-20-12-11-19-34(35)40-37(36)43/h3-20,30,36H,21-28H2,1-2H3. The molecule has 2 aliphatic heterocycles. The number of fused-ring (bicyclic) bond motifs is 4. The molecule has 5 heteroatoms. The molecule has 0 radical (unpaired) electrons. The van der Waals surface area contributed by atoms with Crippen molar-refractivity contribution in [3.63, 3.8) is 0 Å². The maximum absolute atomic E-state index is 14.1. The molecule has 1 atom stereocenters. The first-order chi connectivity index (χ1) is 21.6. The Morgan fingerprint density at radius 2 is 1.41 bits per heavy atom. The molecule has 1 unspecified atom stereocenters. The fraction of sp³-hybridized carbons (Fsp3) is 0.333. The summed E-state index contributed by atoms with van der Waals surface area (Å²) in [5.74, 6) is 2.20. The molecule has 4 aromatic carbocycles. The van der Waals surface area contributed by atoms with Crippen LogP contribution < -0.4 is 0 Å². The number of hydrogen-bond acceptors (Lipinski definition) is 3. The number of carbonyl (C=O) groups is 1. The van der Waals surface area contributed by atoms with Gasteiger partial charge in [-0.25, -0.2) is 4.98 Å². The van der Waals surface area contributed by atoms with Crippen molar-refractivity contribution in [3.8, 4) is 0 Å². The summed E-state index contributed by atoms with van der Waals surface area (Å²) < 4.78 is 2.49. The van der Waals surface area contributed by atoms with E-state index >= 15 is 0 Å². The minimum Gasteiger partial charge on any atom is -0.348 e. The van der Waals surface area contributed by atoms with E-state index in [1.807, 2.05) is 26.2 Å². The zero-order chi connectivity index (χ0) is 30.1. The largest absolute Gasteiger partial charge is 0.348 e. The van der Waals surface area contributed by atoms with E-state index in [1.165, 1.54) is 22.5 Å². The van der Waals surface area contributed by atoms with Gasteiger partial charge < -0.3 is 14.4 Å². The maximum atomic E-state index is 14.1. The number of carbonyl (C=O) groups excluding carboxylic acids is 1. The van der Waals surface area contributed by atoms with E-state index in [1.54, 1.807) is 4.90 Å². The van der Waals surface area contributed by atoms with Crippen LogP contribution in [0.1, 0.15) is 53.3 Å². The van der Waals surface area contributed by atoms with Crippen LogP contribution in [0, 0.1) is 5.92 Å². The average Bonchev–Trinajstić information content (AvgIpc) is 3.35. The summed E-state index contributed by atoms with van der Waals surface area (Å²) in [6, 6.07) is 38.4. The van der Waals surface area contributed by atoms with Gasteiger partial charge in [0.05, 0.1) is 11.0 Å². The number of aryl methyl sites for hydroxylation is 2. The van der Waals surface area contributed by atoms with Gasteiger partial charge >= 0.3 is 0 Å². The Kier molecular flexibility index (Phi) is 7.82. The number of nitrogens with zero attached hydrogens (tertiary/aromatic N) is 4. The SMILES string of the molecule is CN(C)C(=O)C(CCN1CCC(C2c3ccccc3CCn3c2nc2ccccc23)CC1)(c1ccccc1)c1ccccc1. The van der Waals surface area contributed by atoms with Crippen LogP contribution in [-0.2, 0) is 23.2 Å². The van der Waals surface area contributed by atoms with Gasteiger partial charge in [-0.1, -0.05) is 97.1 Å². The second-order valence-corrected chi connectivity index (χ2v) is 12.8. The average molecular weight is 583 g/mol. The fourth-order valence-corrected chi connectivity index (χ4v) is 7.94. The number of piperidine rings is 1. The van der Waals surface area contributed by atoms with E-state index in [9.17, 15) is 4.79 Å². The number of para-hydroxylation sites is 2. The molecule has 44 heavy (non-hydrogen) atoms. The smallest absolute Gasteiger partial charge is 0.237 e. The molecule has 0 spiro atoms. The minimum atomic E-state index is -0.728. The van der Waals surface area contributed by atoms with Gasteiger partial charge in [-0.05, 0) is 85.6 Å². The van der Waals surface area contributed by atoms with Crippen LogP contribution in [0.2, 0.25) is 0 Å². The van der Waals surface area contributed by atoms with Crippen molar-refractivity contribution < 1.29 is 4.79 Å². The summed E-state index contributed by atoms with van der Waals surface area (Å²) in [6.45, 7) is 3.90. The van der Waals surface area contributed by atoms with E-state index in [2.05, 4.69) is 107 Å². The number of amides is 1. The van der Waals surface area contributed by atoms with Gasteiger partial charge in [-0.15, -0.1) is 0 Å². The molecule has 5 aromatic rings. The van der Waals surface area contributed by atoms with Gasteiger partial charge in [0, 0.05) is 26.6 Å². The third kappa shape index (κ3) is 5.03. The summed E-state index contributed by atoms with van der Waals surface area (Å²) in [7, 11) is 3.76. The van der Waals surface area contributed by atoms with Gasteiger partial charge in [0.15, 0.2) is 0 Å². The summed E-state index contributed by atoms with van der Waals surface area (Å²) in [5, 5.41) is 0. The molecule has 0 saturated carbocycles. The van der Waals surface area contributed by atoms with Gasteiger partial charge in [0.1, 0.15) is 11.2 Å². The summed E-state index contributed by atoms with van der Waals surface area (Å²) in [6.07, 6.45) is 4.02. The second-order valence-electron chi connectivity index (χ2n) is 12.8. The van der Waals surface area contributed by atoms with Crippen LogP contribution >= 0.6 is 0 Å². The lowest BCUT2D eigenvalue weighted by Gasteiger charge is -2.40. The number of imidazole rings is 1. The van der Waals surface area contributed by atoms with Crippen LogP contribution in [0.5, 0.6) is 0 Å². The van der Waals surface area contributed by atoms with Crippen LogP contribution in [0.15, 0.2) is 109 Å². The van der Waals surface area contributed by atoms with Gasteiger partial charge in [0.25, 0.3) is 0 Å². The van der Waals surface area contributed by atoms with Crippen LogP contribution in [0.3, 0.4) is 0 Å². The van der Waals surface area contributed by atoms with E-state index < -0.39 is 5.41 Å². The predicted octanol–water partition coefficient (Wildman–Crippen LogP) is 6.90. The monoisotopic (exact) mass is 582 g/mol. The quantitative estimate of drug-likeness (QED) is 0.210. The molecule has 5 nitrogen and oxygen atoms in total. The summed E-state index contributed by atoms with van der Waals surface area (Å²) in [4.78, 5) is 23.8. The molecule has 1 aromatic heterocycles. The lowest BCUT2D eigenvalue weighted by atomic mass is 9.70. The molecular formula is C39H42N4O. The lowest BCUT2D eigenvalue weighted by molar-refractivity contribution is -0.133. The second kappa shape index (κ2) is 12.0. The highest BCUT2D eigenvalue weighted by Gasteiger charge is 2.43. The molecule has 0 bridgehead atoms. The molecule has 0 aliphatic carbocycles. The van der Waals surface area contributed by atoms with E-state index in [0.29, 0.717) is 11.8 Å². The van der Waals surface area contributed by atoms with Crippen LogP contribution in [0.25, 0.3) is 11.0 Å². The van der Waals surface area contributed by atoms with Crippen molar-refractivity contribution in [2.75, 3.05) is 33.7 Å². The van der Waals surface area contributed by atoms with Crippen molar-refractivity contribution in [2.45, 2.75) is 43.6 Å². The predicted molar refractivity (Wildman–Crippen MR) is 178 cm³/mol. The van der Waals surface area contributed by atoms with E-state index in [-0.39, 0.29) is 5.91 Å². The Bertz CT molecular complexity index is 1690. The third-order valence-corrected chi connectivity index (χ3v) is 10.2. The fourth-order valence-electron chi connectivity index (χ4n) is 7.94. The third-order valence-electron chi connectivity index (χ3n) is 10.2. The first-order valence-corrected chi connectivity index (χ1v) is 16.1. The van der Waals surface area contributed by atoms with E-state index in [4.69, 9.17) is 4.98 Å².